The summed E-state index contributed by atoms with van der Waals surface area (Å²) in [5.41, 5.74) is 2.40. The third-order valence-corrected chi connectivity index (χ3v) is 3.65. The molecule has 3 aromatic rings. The summed E-state index contributed by atoms with van der Waals surface area (Å²) in [6.45, 7) is 1.90. The summed E-state index contributed by atoms with van der Waals surface area (Å²) >= 11 is 6.16. The zero-order chi connectivity index (χ0) is 16.9. The zero-order valence-electron chi connectivity index (χ0n) is 13.0. The van der Waals surface area contributed by atoms with Crippen LogP contribution in [0.15, 0.2) is 59.1 Å². The number of hydrogen-bond donors (Lipinski definition) is 2. The molecule has 122 valence electrons. The fourth-order valence-electron chi connectivity index (χ4n) is 2.27. The average molecular weight is 342 g/mol. The molecule has 0 aliphatic rings. The van der Waals surface area contributed by atoms with Gasteiger partial charge >= 0.3 is 0 Å². The quantitative estimate of drug-likeness (QED) is 0.713. The van der Waals surface area contributed by atoms with Gasteiger partial charge in [0.1, 0.15) is 0 Å². The largest absolute Gasteiger partial charge is 0.439 e. The Bertz CT molecular complexity index is 861. The van der Waals surface area contributed by atoms with Gasteiger partial charge < -0.3 is 15.1 Å². The molecular formula is C18H16ClN3O2. The highest BCUT2D eigenvalue weighted by Crippen LogP contribution is 2.28. The molecule has 3 rings (SSSR count). The van der Waals surface area contributed by atoms with Crippen LogP contribution < -0.4 is 10.6 Å². The predicted molar refractivity (Wildman–Crippen MR) is 95.0 cm³/mol. The molecule has 0 fully saturated rings. The van der Waals surface area contributed by atoms with Crippen LogP contribution in [0.25, 0.3) is 11.3 Å². The van der Waals surface area contributed by atoms with Crippen molar-refractivity contribution in [3.8, 4) is 11.3 Å². The molecule has 24 heavy (non-hydrogen) atoms. The lowest BCUT2D eigenvalue weighted by Crippen LogP contribution is -2.06. The van der Waals surface area contributed by atoms with Crippen molar-refractivity contribution in [1.82, 2.24) is 4.98 Å². The molecule has 6 heteroatoms. The second-order valence-corrected chi connectivity index (χ2v) is 5.62. The van der Waals surface area contributed by atoms with Gasteiger partial charge in [-0.2, -0.15) is 0 Å². The number of rotatable bonds is 5. The monoisotopic (exact) mass is 341 g/mol. The van der Waals surface area contributed by atoms with E-state index in [0.29, 0.717) is 23.2 Å². The molecule has 0 atom stereocenters. The Labute approximate surface area is 144 Å². The Morgan fingerprint density at radius 2 is 1.96 bits per heavy atom. The first-order chi connectivity index (χ1) is 11.6. The van der Waals surface area contributed by atoms with E-state index >= 15 is 0 Å². The van der Waals surface area contributed by atoms with Gasteiger partial charge in [-0.3, -0.25) is 4.79 Å². The molecule has 0 aliphatic heterocycles. The number of oxazole rings is 1. The van der Waals surface area contributed by atoms with Crippen molar-refractivity contribution in [2.75, 3.05) is 10.6 Å². The first kappa shape index (κ1) is 16.1. The van der Waals surface area contributed by atoms with Crippen LogP contribution in [0.3, 0.4) is 0 Å². The van der Waals surface area contributed by atoms with E-state index in [9.17, 15) is 4.79 Å². The van der Waals surface area contributed by atoms with E-state index in [4.69, 9.17) is 16.0 Å². The fraction of sp³-hybridized carbons (Fsp3) is 0.111. The van der Waals surface area contributed by atoms with Gasteiger partial charge in [0.05, 0.1) is 17.8 Å². The molecule has 1 heterocycles. The maximum atomic E-state index is 11.1. The van der Waals surface area contributed by atoms with Gasteiger partial charge in [-0.15, -0.1) is 0 Å². The highest BCUT2D eigenvalue weighted by atomic mass is 35.5. The maximum Gasteiger partial charge on any atom is 0.221 e. The summed E-state index contributed by atoms with van der Waals surface area (Å²) in [6.07, 6.45) is 1.66. The number of nitrogens with one attached hydrogen (secondary N) is 2. The van der Waals surface area contributed by atoms with Crippen molar-refractivity contribution in [2.45, 2.75) is 13.5 Å². The lowest BCUT2D eigenvalue weighted by molar-refractivity contribution is -0.114. The Hall–Kier alpha value is -2.79. The number of nitrogens with zero attached hydrogens (tertiary/aromatic N) is 1. The molecule has 1 amide bonds. The highest BCUT2D eigenvalue weighted by molar-refractivity contribution is 6.33. The van der Waals surface area contributed by atoms with E-state index < -0.39 is 0 Å². The van der Waals surface area contributed by atoms with Crippen LogP contribution in [0.5, 0.6) is 0 Å². The van der Waals surface area contributed by atoms with Gasteiger partial charge in [0.2, 0.25) is 11.8 Å². The number of anilines is 2. The van der Waals surface area contributed by atoms with E-state index in [1.807, 2.05) is 48.5 Å². The van der Waals surface area contributed by atoms with E-state index in [-0.39, 0.29) is 5.91 Å². The summed E-state index contributed by atoms with van der Waals surface area (Å²) in [5, 5.41) is 6.58. The molecular weight excluding hydrogens is 326 g/mol. The minimum absolute atomic E-state index is 0.107. The third kappa shape index (κ3) is 3.94. The summed E-state index contributed by atoms with van der Waals surface area (Å²) in [7, 11) is 0. The Morgan fingerprint density at radius 3 is 2.75 bits per heavy atom. The minimum Gasteiger partial charge on any atom is -0.439 e. The molecule has 1 aromatic heterocycles. The third-order valence-electron chi connectivity index (χ3n) is 3.32. The summed E-state index contributed by atoms with van der Waals surface area (Å²) in [5.74, 6) is 1.07. The molecule has 0 unspecified atom stereocenters. The van der Waals surface area contributed by atoms with Crippen molar-refractivity contribution in [3.63, 3.8) is 0 Å². The summed E-state index contributed by atoms with van der Waals surface area (Å²) < 4.78 is 5.74. The molecule has 0 aliphatic carbocycles. The van der Waals surface area contributed by atoms with Gasteiger partial charge in [-0.1, -0.05) is 29.8 Å². The van der Waals surface area contributed by atoms with Crippen molar-refractivity contribution in [2.24, 2.45) is 0 Å². The van der Waals surface area contributed by atoms with E-state index in [1.165, 1.54) is 6.92 Å². The molecule has 5 nitrogen and oxygen atoms in total. The molecule has 0 radical (unpaired) electrons. The number of hydrogen-bond acceptors (Lipinski definition) is 4. The van der Waals surface area contributed by atoms with Gasteiger partial charge in [-0.25, -0.2) is 4.98 Å². The summed E-state index contributed by atoms with van der Waals surface area (Å²) in [4.78, 5) is 15.4. The lowest BCUT2D eigenvalue weighted by atomic mass is 10.2. The highest BCUT2D eigenvalue weighted by Gasteiger charge is 2.09. The number of aromatic nitrogens is 1. The Kier molecular flexibility index (Phi) is 4.82. The van der Waals surface area contributed by atoms with Crippen molar-refractivity contribution in [1.29, 1.82) is 0 Å². The van der Waals surface area contributed by atoms with Gasteiger partial charge in [0, 0.05) is 23.9 Å². The Balaban J connectivity index is 1.68. The SMILES string of the molecule is CC(=O)Nc1cccc(NCc2ncc(-c3ccccc3Cl)o2)c1. The zero-order valence-corrected chi connectivity index (χ0v) is 13.8. The van der Waals surface area contributed by atoms with Crippen LogP contribution in [0, 0.1) is 0 Å². The predicted octanol–water partition coefficient (Wildman–Crippen LogP) is 4.57. The fourth-order valence-corrected chi connectivity index (χ4v) is 2.49. The maximum absolute atomic E-state index is 11.1. The van der Waals surface area contributed by atoms with Crippen LogP contribution in [0.1, 0.15) is 12.8 Å². The number of carbonyl (C=O) groups excluding carboxylic acids is 1. The Morgan fingerprint density at radius 1 is 1.17 bits per heavy atom. The number of amides is 1. The van der Waals surface area contributed by atoms with Crippen LogP contribution in [0.2, 0.25) is 5.02 Å². The standard InChI is InChI=1S/C18H16ClN3O2/c1-12(23)22-14-6-4-5-13(9-14)20-11-18-21-10-17(24-18)15-7-2-3-8-16(15)19/h2-10,20H,11H2,1H3,(H,22,23). The number of halogens is 1. The molecule has 0 saturated heterocycles. The van der Waals surface area contributed by atoms with E-state index in [0.717, 1.165) is 16.9 Å². The topological polar surface area (TPSA) is 67.2 Å². The first-order valence-electron chi connectivity index (χ1n) is 7.43. The number of benzene rings is 2. The molecule has 0 bridgehead atoms. The minimum atomic E-state index is -0.107. The normalized spacial score (nSPS) is 10.4. The molecule has 0 spiro atoms. The van der Waals surface area contributed by atoms with Crippen molar-refractivity contribution >= 4 is 28.9 Å². The smallest absolute Gasteiger partial charge is 0.221 e. The van der Waals surface area contributed by atoms with E-state index in [2.05, 4.69) is 15.6 Å². The molecule has 2 aromatic carbocycles. The van der Waals surface area contributed by atoms with Crippen LogP contribution in [-0.4, -0.2) is 10.9 Å². The van der Waals surface area contributed by atoms with Crippen molar-refractivity contribution < 1.29 is 9.21 Å². The number of carbonyl (C=O) groups is 1. The summed E-state index contributed by atoms with van der Waals surface area (Å²) in [6, 6.07) is 14.9. The molecule has 0 saturated carbocycles. The van der Waals surface area contributed by atoms with E-state index in [1.54, 1.807) is 6.20 Å². The lowest BCUT2D eigenvalue weighted by Gasteiger charge is -2.07. The molecule has 2 N–H and O–H groups in total. The second kappa shape index (κ2) is 7.19. The van der Waals surface area contributed by atoms with Gasteiger partial charge in [-0.05, 0) is 30.3 Å². The van der Waals surface area contributed by atoms with Crippen LogP contribution >= 0.6 is 11.6 Å². The first-order valence-corrected chi connectivity index (χ1v) is 7.81. The van der Waals surface area contributed by atoms with Gasteiger partial charge in [0.15, 0.2) is 5.76 Å². The van der Waals surface area contributed by atoms with Crippen LogP contribution in [-0.2, 0) is 11.3 Å². The van der Waals surface area contributed by atoms with Crippen molar-refractivity contribution in [3.05, 3.63) is 65.6 Å². The van der Waals surface area contributed by atoms with Gasteiger partial charge in [0.25, 0.3) is 0 Å². The average Bonchev–Trinajstić information content (AvgIpc) is 3.02. The second-order valence-electron chi connectivity index (χ2n) is 5.21. The van der Waals surface area contributed by atoms with Crippen LogP contribution in [0.4, 0.5) is 11.4 Å².